The predicted octanol–water partition coefficient (Wildman–Crippen LogP) is 3.02. The van der Waals surface area contributed by atoms with E-state index >= 15 is 0 Å². The molecule has 2 atom stereocenters. The maximum absolute atomic E-state index is 12.8. The zero-order valence-electron chi connectivity index (χ0n) is 16.5. The van der Waals surface area contributed by atoms with E-state index in [1.54, 1.807) is 6.92 Å². The first kappa shape index (κ1) is 19.9. The van der Waals surface area contributed by atoms with Crippen molar-refractivity contribution in [3.05, 3.63) is 35.9 Å². The summed E-state index contributed by atoms with van der Waals surface area (Å²) in [7, 11) is 0. The van der Waals surface area contributed by atoms with E-state index in [0.717, 1.165) is 25.9 Å². The van der Waals surface area contributed by atoms with Gasteiger partial charge in [0.15, 0.2) is 0 Å². The van der Waals surface area contributed by atoms with Gasteiger partial charge >= 0.3 is 0 Å². The van der Waals surface area contributed by atoms with Gasteiger partial charge in [-0.3, -0.25) is 14.5 Å². The molecule has 1 aromatic rings. The Bertz CT molecular complexity index is 613. The van der Waals surface area contributed by atoms with Crippen LogP contribution >= 0.6 is 0 Å². The predicted molar refractivity (Wildman–Crippen MR) is 107 cm³/mol. The minimum Gasteiger partial charge on any atom is -0.352 e. The molecule has 2 aliphatic rings. The van der Waals surface area contributed by atoms with Crippen LogP contribution in [0.5, 0.6) is 0 Å². The fourth-order valence-electron chi connectivity index (χ4n) is 4.63. The SMILES string of the molecule is CC(=O)NC1CCCN(CC(=O)NC(c2ccccc2)C2CCCCC2)C1. The molecule has 5 heteroatoms. The van der Waals surface area contributed by atoms with Gasteiger partial charge < -0.3 is 10.6 Å². The van der Waals surface area contributed by atoms with Crippen molar-refractivity contribution in [2.45, 2.75) is 64.0 Å². The van der Waals surface area contributed by atoms with Crippen molar-refractivity contribution in [2.75, 3.05) is 19.6 Å². The summed E-state index contributed by atoms with van der Waals surface area (Å²) in [5.74, 6) is 0.629. The minimum absolute atomic E-state index is 0.00717. The Morgan fingerprint density at radius 2 is 1.81 bits per heavy atom. The quantitative estimate of drug-likeness (QED) is 0.808. The molecule has 1 aliphatic heterocycles. The van der Waals surface area contributed by atoms with Crippen LogP contribution < -0.4 is 10.6 Å². The molecule has 0 bridgehead atoms. The molecule has 2 unspecified atom stereocenters. The molecule has 3 rings (SSSR count). The van der Waals surface area contributed by atoms with Crippen LogP contribution in [0.2, 0.25) is 0 Å². The first-order chi connectivity index (χ1) is 13.1. The third-order valence-electron chi connectivity index (χ3n) is 5.88. The van der Waals surface area contributed by atoms with Crippen LogP contribution in [-0.4, -0.2) is 42.4 Å². The van der Waals surface area contributed by atoms with Crippen molar-refractivity contribution in [2.24, 2.45) is 5.92 Å². The summed E-state index contributed by atoms with van der Waals surface area (Å²) in [5, 5.41) is 6.33. The maximum atomic E-state index is 12.8. The summed E-state index contributed by atoms with van der Waals surface area (Å²) in [6, 6.07) is 10.7. The summed E-state index contributed by atoms with van der Waals surface area (Å²) in [4.78, 5) is 26.3. The topological polar surface area (TPSA) is 61.4 Å². The van der Waals surface area contributed by atoms with Gasteiger partial charge in [0.1, 0.15) is 0 Å². The van der Waals surface area contributed by atoms with E-state index in [9.17, 15) is 9.59 Å². The number of nitrogens with zero attached hydrogens (tertiary/aromatic N) is 1. The molecule has 0 aromatic heterocycles. The van der Waals surface area contributed by atoms with Gasteiger partial charge in [-0.1, -0.05) is 49.6 Å². The van der Waals surface area contributed by atoms with Gasteiger partial charge in [0.25, 0.3) is 0 Å². The van der Waals surface area contributed by atoms with E-state index in [1.807, 2.05) is 6.07 Å². The number of carbonyl (C=O) groups excluding carboxylic acids is 2. The second-order valence-corrected chi connectivity index (χ2v) is 8.13. The molecule has 2 N–H and O–H groups in total. The number of piperidine rings is 1. The first-order valence-corrected chi connectivity index (χ1v) is 10.5. The summed E-state index contributed by atoms with van der Waals surface area (Å²) >= 11 is 0. The van der Waals surface area contributed by atoms with Crippen molar-refractivity contribution in [3.8, 4) is 0 Å². The van der Waals surface area contributed by atoms with Gasteiger partial charge in [0.2, 0.25) is 11.8 Å². The third kappa shape index (κ3) is 6.06. The second kappa shape index (κ2) is 9.88. The Morgan fingerprint density at radius 1 is 1.07 bits per heavy atom. The number of nitrogens with one attached hydrogen (secondary N) is 2. The third-order valence-corrected chi connectivity index (χ3v) is 5.88. The van der Waals surface area contributed by atoms with Gasteiger partial charge in [-0.25, -0.2) is 0 Å². The Balaban J connectivity index is 1.59. The molecule has 1 aliphatic carbocycles. The lowest BCUT2D eigenvalue weighted by Gasteiger charge is -2.34. The number of carbonyl (C=O) groups is 2. The molecule has 5 nitrogen and oxygen atoms in total. The highest BCUT2D eigenvalue weighted by atomic mass is 16.2. The summed E-state index contributed by atoms with van der Waals surface area (Å²) in [6.07, 6.45) is 8.21. The van der Waals surface area contributed by atoms with E-state index in [0.29, 0.717) is 12.5 Å². The van der Waals surface area contributed by atoms with E-state index < -0.39 is 0 Å². The number of hydrogen-bond acceptors (Lipinski definition) is 3. The van der Waals surface area contributed by atoms with E-state index in [4.69, 9.17) is 0 Å². The minimum atomic E-state index is 0.00717. The fraction of sp³-hybridized carbons (Fsp3) is 0.636. The number of benzene rings is 1. The van der Waals surface area contributed by atoms with Gasteiger partial charge in [0.05, 0.1) is 12.6 Å². The standard InChI is InChI=1S/C22H33N3O2/c1-17(26)23-20-13-8-14-25(15-20)16-21(27)24-22(18-9-4-2-5-10-18)19-11-6-3-7-12-19/h2,4-5,9-10,19-20,22H,3,6-8,11-16H2,1H3,(H,23,26)(H,24,27). The lowest BCUT2D eigenvalue weighted by molar-refractivity contribution is -0.123. The van der Waals surface area contributed by atoms with Crippen LogP contribution in [0.15, 0.2) is 30.3 Å². The molecule has 2 fully saturated rings. The van der Waals surface area contributed by atoms with E-state index in [2.05, 4.69) is 39.8 Å². The van der Waals surface area contributed by atoms with Crippen molar-refractivity contribution < 1.29 is 9.59 Å². The molecule has 148 valence electrons. The highest BCUT2D eigenvalue weighted by Gasteiger charge is 2.28. The highest BCUT2D eigenvalue weighted by molar-refractivity contribution is 5.78. The van der Waals surface area contributed by atoms with Gasteiger partial charge in [0, 0.05) is 19.5 Å². The largest absolute Gasteiger partial charge is 0.352 e. The summed E-state index contributed by atoms with van der Waals surface area (Å²) < 4.78 is 0. The van der Waals surface area contributed by atoms with Crippen molar-refractivity contribution >= 4 is 11.8 Å². The molecule has 0 radical (unpaired) electrons. The highest BCUT2D eigenvalue weighted by Crippen LogP contribution is 2.34. The van der Waals surface area contributed by atoms with Crippen molar-refractivity contribution in [3.63, 3.8) is 0 Å². The number of likely N-dealkylation sites (tertiary alicyclic amines) is 1. The zero-order valence-corrected chi connectivity index (χ0v) is 16.5. The molecule has 1 heterocycles. The second-order valence-electron chi connectivity index (χ2n) is 8.13. The van der Waals surface area contributed by atoms with Gasteiger partial charge in [-0.15, -0.1) is 0 Å². The normalized spacial score (nSPS) is 22.8. The fourth-order valence-corrected chi connectivity index (χ4v) is 4.63. The number of amides is 2. The Morgan fingerprint density at radius 3 is 2.52 bits per heavy atom. The van der Waals surface area contributed by atoms with Crippen LogP contribution in [-0.2, 0) is 9.59 Å². The Kier molecular flexibility index (Phi) is 7.27. The maximum Gasteiger partial charge on any atom is 0.234 e. The Hall–Kier alpha value is -1.88. The summed E-state index contributed by atoms with van der Waals surface area (Å²) in [5.41, 5.74) is 1.22. The van der Waals surface area contributed by atoms with Crippen LogP contribution in [0.1, 0.15) is 63.5 Å². The first-order valence-electron chi connectivity index (χ1n) is 10.5. The van der Waals surface area contributed by atoms with Crippen LogP contribution in [0.3, 0.4) is 0 Å². The molecule has 27 heavy (non-hydrogen) atoms. The number of rotatable bonds is 6. The van der Waals surface area contributed by atoms with Crippen LogP contribution in [0.25, 0.3) is 0 Å². The van der Waals surface area contributed by atoms with Crippen molar-refractivity contribution in [1.82, 2.24) is 15.5 Å². The average Bonchev–Trinajstić information content (AvgIpc) is 2.67. The van der Waals surface area contributed by atoms with Crippen molar-refractivity contribution in [1.29, 1.82) is 0 Å². The van der Waals surface area contributed by atoms with E-state index in [1.165, 1.54) is 37.7 Å². The summed E-state index contributed by atoms with van der Waals surface area (Å²) in [6.45, 7) is 3.64. The molecule has 2 amide bonds. The zero-order chi connectivity index (χ0) is 19.1. The molecule has 1 aromatic carbocycles. The molecule has 1 saturated carbocycles. The van der Waals surface area contributed by atoms with Gasteiger partial charge in [-0.2, -0.15) is 0 Å². The number of hydrogen-bond donors (Lipinski definition) is 2. The smallest absolute Gasteiger partial charge is 0.234 e. The van der Waals surface area contributed by atoms with Gasteiger partial charge in [-0.05, 0) is 43.7 Å². The molecule has 1 saturated heterocycles. The molecule has 0 spiro atoms. The molecular formula is C22H33N3O2. The molecular weight excluding hydrogens is 338 g/mol. The lowest BCUT2D eigenvalue weighted by Crippen LogP contribution is -2.50. The Labute approximate surface area is 162 Å². The lowest BCUT2D eigenvalue weighted by atomic mass is 9.81. The van der Waals surface area contributed by atoms with E-state index in [-0.39, 0.29) is 23.9 Å². The monoisotopic (exact) mass is 371 g/mol. The van der Waals surface area contributed by atoms with Crippen LogP contribution in [0.4, 0.5) is 0 Å². The average molecular weight is 372 g/mol. The van der Waals surface area contributed by atoms with Crippen LogP contribution in [0, 0.1) is 5.92 Å².